The van der Waals surface area contributed by atoms with E-state index in [2.05, 4.69) is 27.5 Å². The van der Waals surface area contributed by atoms with Crippen LogP contribution in [0.5, 0.6) is 0 Å². The molecular weight excluding hydrogens is 622 g/mol. The van der Waals surface area contributed by atoms with Crippen molar-refractivity contribution in [2.75, 3.05) is 50.5 Å². The summed E-state index contributed by atoms with van der Waals surface area (Å²) in [5.41, 5.74) is 4.26. The lowest BCUT2D eigenvalue weighted by Crippen LogP contribution is -2.35. The molecule has 11 nitrogen and oxygen atoms in total. The first kappa shape index (κ1) is 31.4. The molecule has 2 atom stereocenters. The predicted molar refractivity (Wildman–Crippen MR) is 176 cm³/mol. The number of amides is 1. The van der Waals surface area contributed by atoms with E-state index in [1.54, 1.807) is 31.6 Å². The summed E-state index contributed by atoms with van der Waals surface area (Å²) in [6.07, 6.45) is 4.03. The molecule has 3 N–H and O–H groups in total. The van der Waals surface area contributed by atoms with E-state index >= 15 is 8.78 Å². The van der Waals surface area contributed by atoms with Gasteiger partial charge in [-0.3, -0.25) is 28.6 Å². The van der Waals surface area contributed by atoms with Gasteiger partial charge in [-0.05, 0) is 43.1 Å². The van der Waals surface area contributed by atoms with E-state index < -0.39 is 41.4 Å². The fourth-order valence-electron chi connectivity index (χ4n) is 7.53. The summed E-state index contributed by atoms with van der Waals surface area (Å²) in [4.78, 5) is 58.7. The lowest BCUT2D eigenvalue weighted by Gasteiger charge is -2.31. The van der Waals surface area contributed by atoms with E-state index in [9.17, 15) is 19.2 Å². The number of pyridine rings is 3. The van der Waals surface area contributed by atoms with Crippen LogP contribution in [0, 0.1) is 17.6 Å². The number of carbonyl (C=O) groups excluding carboxylic acids is 2. The number of hydrogen-bond donors (Lipinski definition) is 3. The number of halogens is 2. The van der Waals surface area contributed by atoms with Crippen molar-refractivity contribution < 1.29 is 28.3 Å². The maximum atomic E-state index is 15.8. The molecule has 5 heterocycles. The monoisotopic (exact) mass is 656 g/mol. The molecule has 2 aliphatic heterocycles. The maximum Gasteiger partial charge on any atom is 0.303 e. The minimum absolute atomic E-state index is 0.154. The lowest BCUT2D eigenvalue weighted by molar-refractivity contribution is -0.138. The first-order valence-corrected chi connectivity index (χ1v) is 15.9. The fraction of sp³-hybridized carbons (Fsp3) is 0.343. The quantitative estimate of drug-likeness (QED) is 0.218. The van der Waals surface area contributed by atoms with Gasteiger partial charge in [0, 0.05) is 97.5 Å². The third-order valence-electron chi connectivity index (χ3n) is 9.81. The van der Waals surface area contributed by atoms with E-state index in [1.165, 1.54) is 16.5 Å². The van der Waals surface area contributed by atoms with Crippen LogP contribution >= 0.6 is 0 Å². The number of ketones is 1. The SMILES string of the molecule is CNc1cc(F)c(F)c2c1Cc1ncc(-c3ccc4ccc(C(=O)NCC(=O)CCC(=O)O)c(=O)n4c3)c(N3CC[C@H]4CN(C)C[C@H]43)c1-2. The number of likely N-dealkylation sites (N-methyl/N-ethyl adjacent to an activating group) is 1. The Morgan fingerprint density at radius 2 is 1.88 bits per heavy atom. The van der Waals surface area contributed by atoms with Crippen LogP contribution in [0.2, 0.25) is 0 Å². The highest BCUT2D eigenvalue weighted by molar-refractivity contribution is 5.98. The molecule has 2 fully saturated rings. The number of nitrogens with one attached hydrogen (secondary N) is 2. The lowest BCUT2D eigenvalue weighted by atomic mass is 9.96. The number of Topliss-reactive ketones (excluding diaryl/α,β-unsaturated/α-hetero) is 1. The average molecular weight is 657 g/mol. The number of benzene rings is 1. The van der Waals surface area contributed by atoms with Crippen LogP contribution in [0.1, 0.15) is 40.9 Å². The molecule has 2 saturated heterocycles. The summed E-state index contributed by atoms with van der Waals surface area (Å²) in [5.74, 6) is -3.81. The van der Waals surface area contributed by atoms with Gasteiger partial charge in [-0.2, -0.15) is 0 Å². The summed E-state index contributed by atoms with van der Waals surface area (Å²) < 4.78 is 32.2. The van der Waals surface area contributed by atoms with Crippen molar-refractivity contribution in [2.45, 2.75) is 31.7 Å². The third kappa shape index (κ3) is 5.27. The smallest absolute Gasteiger partial charge is 0.303 e. The van der Waals surface area contributed by atoms with E-state index in [0.717, 1.165) is 31.7 Å². The Bertz CT molecular complexity index is 2080. The molecule has 0 bridgehead atoms. The van der Waals surface area contributed by atoms with Gasteiger partial charge in [0.25, 0.3) is 11.5 Å². The number of nitrogens with zero attached hydrogens (tertiary/aromatic N) is 4. The molecule has 3 aromatic heterocycles. The van der Waals surface area contributed by atoms with Gasteiger partial charge >= 0.3 is 5.97 Å². The van der Waals surface area contributed by atoms with Gasteiger partial charge in [-0.1, -0.05) is 6.07 Å². The van der Waals surface area contributed by atoms with Crippen LogP contribution in [0.15, 0.2) is 47.5 Å². The maximum absolute atomic E-state index is 15.8. The van der Waals surface area contributed by atoms with Crippen LogP contribution in [0.4, 0.5) is 20.2 Å². The summed E-state index contributed by atoms with van der Waals surface area (Å²) >= 11 is 0. The number of carbonyl (C=O) groups is 3. The number of carboxylic acids is 1. The van der Waals surface area contributed by atoms with Gasteiger partial charge in [0.2, 0.25) is 0 Å². The standard InChI is InChI=1S/C35H34F2N6O5/c1-38-26-12-25(36)32(37)30-23(26)11-27-31(30)33(42-10-9-19-15-41(2)17-28(19)42)24(14-39-27)18-3-4-20-5-7-22(35(48)43(20)16-18)34(47)40-13-21(44)6-8-29(45)46/h3-5,7,12,14,16,19,28,38H,6,8-11,13,15,17H2,1-2H3,(H,40,47)(H,45,46)/t19-,28+/m0/s1. The minimum atomic E-state index is -1.12. The number of likely N-dealkylation sites (tertiary alicyclic amines) is 1. The zero-order chi connectivity index (χ0) is 33.9. The van der Waals surface area contributed by atoms with E-state index in [4.69, 9.17) is 10.1 Å². The van der Waals surface area contributed by atoms with Gasteiger partial charge in [0.05, 0.1) is 24.3 Å². The summed E-state index contributed by atoms with van der Waals surface area (Å²) in [6.45, 7) is 2.07. The van der Waals surface area contributed by atoms with E-state index in [-0.39, 0.29) is 30.0 Å². The summed E-state index contributed by atoms with van der Waals surface area (Å²) in [6, 6.07) is 7.91. The number of aliphatic carboxylic acids is 1. The van der Waals surface area contributed by atoms with E-state index in [0.29, 0.717) is 51.5 Å². The minimum Gasteiger partial charge on any atom is -0.481 e. The first-order valence-electron chi connectivity index (χ1n) is 15.9. The second kappa shape index (κ2) is 12.1. The van der Waals surface area contributed by atoms with Crippen LogP contribution in [0.3, 0.4) is 0 Å². The molecule has 13 heteroatoms. The zero-order valence-corrected chi connectivity index (χ0v) is 26.5. The van der Waals surface area contributed by atoms with Crippen molar-refractivity contribution in [3.05, 3.63) is 81.5 Å². The Balaban J connectivity index is 1.34. The highest BCUT2D eigenvalue weighted by atomic mass is 19.2. The number of aromatic nitrogens is 2. The second-order valence-electron chi connectivity index (χ2n) is 12.8. The molecule has 0 unspecified atom stereocenters. The van der Waals surface area contributed by atoms with Crippen LogP contribution in [-0.4, -0.2) is 83.4 Å². The molecule has 1 aromatic carbocycles. The molecule has 3 aliphatic rings. The predicted octanol–water partition coefficient (Wildman–Crippen LogP) is 3.56. The van der Waals surface area contributed by atoms with Crippen molar-refractivity contribution in [3.63, 3.8) is 0 Å². The molecule has 248 valence electrons. The van der Waals surface area contributed by atoms with Gasteiger partial charge in [0.1, 0.15) is 5.56 Å². The van der Waals surface area contributed by atoms with Crippen LogP contribution in [0.25, 0.3) is 27.8 Å². The van der Waals surface area contributed by atoms with Crippen molar-refractivity contribution in [1.82, 2.24) is 19.6 Å². The number of carboxylic acid groups (broad SMARTS) is 1. The highest BCUT2D eigenvalue weighted by Crippen LogP contribution is 2.52. The summed E-state index contributed by atoms with van der Waals surface area (Å²) in [7, 11) is 3.75. The van der Waals surface area contributed by atoms with Crippen molar-refractivity contribution in [2.24, 2.45) is 5.92 Å². The molecule has 4 aromatic rings. The number of anilines is 2. The van der Waals surface area contributed by atoms with Crippen molar-refractivity contribution in [3.8, 4) is 22.3 Å². The van der Waals surface area contributed by atoms with Crippen LogP contribution in [-0.2, 0) is 16.0 Å². The molecule has 0 radical (unpaired) electrons. The third-order valence-corrected chi connectivity index (χ3v) is 9.81. The summed E-state index contributed by atoms with van der Waals surface area (Å²) in [5, 5.41) is 14.2. The second-order valence-corrected chi connectivity index (χ2v) is 12.8. The molecule has 1 aliphatic carbocycles. The molecule has 0 saturated carbocycles. The Kier molecular flexibility index (Phi) is 7.94. The molecular formula is C35H34F2N6O5. The zero-order valence-electron chi connectivity index (χ0n) is 26.5. The van der Waals surface area contributed by atoms with Gasteiger partial charge in [0.15, 0.2) is 17.4 Å². The Labute approximate surface area is 274 Å². The molecule has 48 heavy (non-hydrogen) atoms. The topological polar surface area (TPSA) is 136 Å². The molecule has 7 rings (SSSR count). The largest absolute Gasteiger partial charge is 0.481 e. The average Bonchev–Trinajstić information content (AvgIpc) is 3.76. The fourth-order valence-corrected chi connectivity index (χ4v) is 7.53. The first-order chi connectivity index (χ1) is 23.0. The van der Waals surface area contributed by atoms with Gasteiger partial charge in [-0.15, -0.1) is 0 Å². The number of rotatable bonds is 9. The van der Waals surface area contributed by atoms with Crippen molar-refractivity contribution >= 4 is 34.6 Å². The van der Waals surface area contributed by atoms with Crippen molar-refractivity contribution in [1.29, 1.82) is 0 Å². The van der Waals surface area contributed by atoms with Gasteiger partial charge in [-0.25, -0.2) is 8.78 Å². The Morgan fingerprint density at radius 1 is 1.08 bits per heavy atom. The Morgan fingerprint density at radius 3 is 2.65 bits per heavy atom. The molecule has 1 amide bonds. The van der Waals surface area contributed by atoms with E-state index in [1.807, 2.05) is 6.07 Å². The highest BCUT2D eigenvalue weighted by Gasteiger charge is 2.43. The van der Waals surface area contributed by atoms with Crippen LogP contribution < -0.4 is 21.1 Å². The number of hydrogen-bond acceptors (Lipinski definition) is 8. The molecule has 0 spiro atoms. The Hall–Kier alpha value is -5.17. The van der Waals surface area contributed by atoms with Gasteiger partial charge < -0.3 is 25.5 Å². The number of fused-ring (bicyclic) bond motifs is 5. The normalized spacial score (nSPS) is 18.1.